The third kappa shape index (κ3) is 4.31. The van der Waals surface area contributed by atoms with Crippen LogP contribution in [0.25, 0.3) is 0 Å². The molecule has 0 saturated carbocycles. The van der Waals surface area contributed by atoms with E-state index in [9.17, 15) is 13.5 Å². The maximum atomic E-state index is 12.4. The van der Waals surface area contributed by atoms with Crippen molar-refractivity contribution in [3.05, 3.63) is 27.7 Å². The molecule has 1 aromatic rings. The molecule has 2 N–H and O–H groups in total. The zero-order chi connectivity index (χ0) is 16.4. The van der Waals surface area contributed by atoms with Gasteiger partial charge >= 0.3 is 0 Å². The molecule has 0 aliphatic carbocycles. The summed E-state index contributed by atoms with van der Waals surface area (Å²) in [5.41, 5.74) is -0.153. The number of hydrogen-bond acceptors (Lipinski definition) is 4. The molecule has 5 nitrogen and oxygen atoms in total. The lowest BCUT2D eigenvalue weighted by Crippen LogP contribution is -2.48. The Morgan fingerprint density at radius 3 is 2.33 bits per heavy atom. The molecule has 0 aliphatic heterocycles. The molecule has 0 radical (unpaired) electrons. The third-order valence-corrected chi connectivity index (χ3v) is 5.85. The van der Waals surface area contributed by atoms with Gasteiger partial charge in [0, 0.05) is 22.7 Å². The maximum Gasteiger partial charge on any atom is 0.242 e. The lowest BCUT2D eigenvalue weighted by Gasteiger charge is -2.32. The average molecular weight is 355 g/mol. The first-order valence-corrected chi connectivity index (χ1v) is 8.51. The lowest BCUT2D eigenvalue weighted by atomic mass is 10.1. The second-order valence-corrected chi connectivity index (χ2v) is 8.05. The number of halogens is 2. The summed E-state index contributed by atoms with van der Waals surface area (Å²) < 4.78 is 27.3. The molecular formula is C13H20Cl2N2O3S. The highest BCUT2D eigenvalue weighted by Gasteiger charge is 2.26. The fourth-order valence-electron chi connectivity index (χ4n) is 1.44. The molecule has 1 rings (SSSR count). The van der Waals surface area contributed by atoms with Gasteiger partial charge in [0.25, 0.3) is 0 Å². The van der Waals surface area contributed by atoms with E-state index >= 15 is 0 Å². The summed E-state index contributed by atoms with van der Waals surface area (Å²) in [6.07, 6.45) is 0. The zero-order valence-corrected chi connectivity index (χ0v) is 14.8. The molecular weight excluding hydrogens is 335 g/mol. The monoisotopic (exact) mass is 354 g/mol. The molecule has 0 bridgehead atoms. The van der Waals surface area contributed by atoms with Gasteiger partial charge in [0.1, 0.15) is 4.90 Å². The first kappa shape index (κ1) is 18.7. The number of sulfonamides is 1. The minimum atomic E-state index is -3.79. The van der Waals surface area contributed by atoms with E-state index in [1.54, 1.807) is 0 Å². The predicted molar refractivity (Wildman–Crippen MR) is 85.3 cm³/mol. The van der Waals surface area contributed by atoms with Crippen LogP contribution in [0.15, 0.2) is 17.0 Å². The zero-order valence-electron chi connectivity index (χ0n) is 12.4. The highest BCUT2D eigenvalue weighted by Crippen LogP contribution is 2.31. The Bertz CT molecular complexity index is 616. The number of nitrogens with zero attached hydrogens (tertiary/aromatic N) is 1. The summed E-state index contributed by atoms with van der Waals surface area (Å²) in [7, 11) is -0.0484. The van der Waals surface area contributed by atoms with E-state index in [0.29, 0.717) is 0 Å². The van der Waals surface area contributed by atoms with Crippen LogP contribution in [0.1, 0.15) is 19.4 Å². The lowest BCUT2D eigenvalue weighted by molar-refractivity contribution is 0.199. The van der Waals surface area contributed by atoms with Crippen LogP contribution < -0.4 is 4.72 Å². The topological polar surface area (TPSA) is 69.6 Å². The van der Waals surface area contributed by atoms with Gasteiger partial charge in [0.2, 0.25) is 10.0 Å². The summed E-state index contributed by atoms with van der Waals surface area (Å²) in [6, 6.07) is 2.74. The Morgan fingerprint density at radius 2 is 1.86 bits per heavy atom. The van der Waals surface area contributed by atoms with Gasteiger partial charge in [-0.3, -0.25) is 0 Å². The fraction of sp³-hybridized carbons (Fsp3) is 0.538. The molecule has 0 aliphatic rings. The van der Waals surface area contributed by atoms with Crippen LogP contribution in [0.5, 0.6) is 0 Å². The van der Waals surface area contributed by atoms with Crippen LogP contribution in [-0.4, -0.2) is 44.6 Å². The van der Waals surface area contributed by atoms with Crippen molar-refractivity contribution in [1.29, 1.82) is 0 Å². The first-order valence-electron chi connectivity index (χ1n) is 6.28. The molecule has 0 aromatic heterocycles. The molecule has 0 fully saturated rings. The molecule has 0 heterocycles. The molecule has 0 amide bonds. The van der Waals surface area contributed by atoms with Gasteiger partial charge in [-0.2, -0.15) is 0 Å². The Balaban J connectivity index is 3.10. The van der Waals surface area contributed by atoms with Gasteiger partial charge in [0.05, 0.1) is 11.6 Å². The molecule has 8 heteroatoms. The van der Waals surface area contributed by atoms with Gasteiger partial charge in [-0.25, -0.2) is 13.1 Å². The number of hydrogen-bond donors (Lipinski definition) is 2. The SMILES string of the molecule is CN(C)C(C)(C)CNS(=O)(=O)c1ccc(Cl)c(CO)c1Cl. The highest BCUT2D eigenvalue weighted by molar-refractivity contribution is 7.89. The van der Waals surface area contributed by atoms with Crippen LogP contribution in [0, 0.1) is 0 Å². The normalized spacial score (nSPS) is 13.0. The number of nitrogens with one attached hydrogen (secondary N) is 1. The smallest absolute Gasteiger partial charge is 0.242 e. The Morgan fingerprint density at radius 1 is 1.29 bits per heavy atom. The molecule has 1 aromatic carbocycles. The van der Waals surface area contributed by atoms with Crippen LogP contribution in [0.2, 0.25) is 10.0 Å². The molecule has 0 saturated heterocycles. The van der Waals surface area contributed by atoms with E-state index < -0.39 is 16.6 Å². The standard InChI is InChI=1S/C13H20Cl2N2O3S/c1-13(2,17(3)4)8-16-21(19,20)11-6-5-10(14)9(7-18)12(11)15/h5-6,16,18H,7-8H2,1-4H3. The van der Waals surface area contributed by atoms with Crippen molar-refractivity contribution in [3.63, 3.8) is 0 Å². The molecule has 0 unspecified atom stereocenters. The first-order chi connectivity index (χ1) is 9.53. The number of rotatable bonds is 6. The fourth-order valence-corrected chi connectivity index (χ4v) is 3.54. The maximum absolute atomic E-state index is 12.4. The van der Waals surface area contributed by atoms with E-state index in [1.807, 2.05) is 32.8 Å². The van der Waals surface area contributed by atoms with Gasteiger partial charge < -0.3 is 10.0 Å². The van der Waals surface area contributed by atoms with E-state index in [-0.39, 0.29) is 32.6 Å². The average Bonchev–Trinajstić information content (AvgIpc) is 2.36. The summed E-state index contributed by atoms with van der Waals surface area (Å²) in [5, 5.41) is 9.41. The minimum Gasteiger partial charge on any atom is -0.392 e. The summed E-state index contributed by atoms with van der Waals surface area (Å²) in [5.74, 6) is 0. The molecule has 21 heavy (non-hydrogen) atoms. The van der Waals surface area contributed by atoms with E-state index in [0.717, 1.165) is 0 Å². The van der Waals surface area contributed by atoms with Crippen molar-refractivity contribution in [2.75, 3.05) is 20.6 Å². The summed E-state index contributed by atoms with van der Waals surface area (Å²) >= 11 is 11.9. The predicted octanol–water partition coefficient (Wildman–Crippen LogP) is 2.10. The highest BCUT2D eigenvalue weighted by atomic mass is 35.5. The van der Waals surface area contributed by atoms with E-state index in [2.05, 4.69) is 4.72 Å². The van der Waals surface area contributed by atoms with Gasteiger partial charge in [-0.1, -0.05) is 23.2 Å². The largest absolute Gasteiger partial charge is 0.392 e. The molecule has 0 spiro atoms. The second-order valence-electron chi connectivity index (χ2n) is 5.53. The Hall–Kier alpha value is -0.370. The van der Waals surface area contributed by atoms with Crippen LogP contribution in [0.3, 0.4) is 0 Å². The Labute approximate surface area is 135 Å². The van der Waals surface area contributed by atoms with Crippen LogP contribution in [-0.2, 0) is 16.6 Å². The van der Waals surface area contributed by atoms with Gasteiger partial charge in [0.15, 0.2) is 0 Å². The summed E-state index contributed by atoms with van der Waals surface area (Å²) in [6.45, 7) is 3.62. The van der Waals surface area contributed by atoms with Crippen LogP contribution in [0.4, 0.5) is 0 Å². The van der Waals surface area contributed by atoms with Crippen molar-refractivity contribution in [2.24, 2.45) is 0 Å². The van der Waals surface area contributed by atoms with Gasteiger partial charge in [-0.15, -0.1) is 0 Å². The third-order valence-electron chi connectivity index (χ3n) is 3.50. The van der Waals surface area contributed by atoms with E-state index in [4.69, 9.17) is 23.2 Å². The van der Waals surface area contributed by atoms with Gasteiger partial charge in [-0.05, 0) is 40.1 Å². The second kappa shape index (κ2) is 6.81. The van der Waals surface area contributed by atoms with Crippen LogP contribution >= 0.6 is 23.2 Å². The van der Waals surface area contributed by atoms with E-state index in [1.165, 1.54) is 12.1 Å². The number of aliphatic hydroxyl groups excluding tert-OH is 1. The van der Waals surface area contributed by atoms with Crippen molar-refractivity contribution in [3.8, 4) is 0 Å². The number of benzene rings is 1. The van der Waals surface area contributed by atoms with Crippen molar-refractivity contribution >= 4 is 33.2 Å². The Kier molecular flexibility index (Phi) is 6.06. The molecule has 0 atom stereocenters. The van der Waals surface area contributed by atoms with Crippen molar-refractivity contribution < 1.29 is 13.5 Å². The number of likely N-dealkylation sites (N-methyl/N-ethyl adjacent to an activating group) is 1. The van der Waals surface area contributed by atoms with Crippen molar-refractivity contribution in [2.45, 2.75) is 30.9 Å². The molecule has 120 valence electrons. The summed E-state index contributed by atoms with van der Waals surface area (Å²) in [4.78, 5) is 1.82. The number of aliphatic hydroxyl groups is 1. The van der Waals surface area contributed by atoms with Crippen molar-refractivity contribution in [1.82, 2.24) is 9.62 Å². The quantitative estimate of drug-likeness (QED) is 0.820. The minimum absolute atomic E-state index is 0.0554.